The summed E-state index contributed by atoms with van der Waals surface area (Å²) in [6.45, 7) is 3.64. The van der Waals surface area contributed by atoms with Gasteiger partial charge in [-0.25, -0.2) is 5.43 Å². The minimum absolute atomic E-state index is 0.204. The van der Waals surface area contributed by atoms with E-state index in [2.05, 4.69) is 23.1 Å². The zero-order chi connectivity index (χ0) is 18.7. The van der Waals surface area contributed by atoms with E-state index in [0.717, 1.165) is 50.9 Å². The summed E-state index contributed by atoms with van der Waals surface area (Å²) >= 11 is 0. The summed E-state index contributed by atoms with van der Waals surface area (Å²) in [5.41, 5.74) is 6.16. The van der Waals surface area contributed by atoms with E-state index in [-0.39, 0.29) is 17.6 Å². The third-order valence-electron chi connectivity index (χ3n) is 4.96. The van der Waals surface area contributed by atoms with Crippen LogP contribution in [0.1, 0.15) is 44.6 Å². The van der Waals surface area contributed by atoms with Gasteiger partial charge in [0.15, 0.2) is 0 Å². The van der Waals surface area contributed by atoms with E-state index in [4.69, 9.17) is 0 Å². The van der Waals surface area contributed by atoms with Crippen LogP contribution in [-0.2, 0) is 11.0 Å². The van der Waals surface area contributed by atoms with Crippen LogP contribution in [-0.4, -0.2) is 31.1 Å². The van der Waals surface area contributed by atoms with Gasteiger partial charge in [0.2, 0.25) is 5.91 Å². The van der Waals surface area contributed by atoms with Crippen LogP contribution < -0.4 is 21.1 Å². The van der Waals surface area contributed by atoms with E-state index in [1.54, 1.807) is 0 Å². The van der Waals surface area contributed by atoms with Gasteiger partial charge in [-0.15, -0.1) is 0 Å². The minimum atomic E-state index is -4.44. The molecule has 3 rings (SSSR count). The molecule has 0 spiro atoms. The van der Waals surface area contributed by atoms with Gasteiger partial charge in [0.05, 0.1) is 16.9 Å². The maximum atomic E-state index is 13.1. The molecule has 2 saturated heterocycles. The second-order valence-corrected chi connectivity index (χ2v) is 6.98. The number of nitrogens with zero attached hydrogens (tertiary/aromatic N) is 1. The van der Waals surface area contributed by atoms with Gasteiger partial charge < -0.3 is 10.2 Å². The van der Waals surface area contributed by atoms with Crippen molar-refractivity contribution in [3.63, 3.8) is 0 Å². The lowest BCUT2D eigenvalue weighted by atomic mass is 10.1. The van der Waals surface area contributed by atoms with Gasteiger partial charge in [-0.3, -0.25) is 10.2 Å². The van der Waals surface area contributed by atoms with Crippen molar-refractivity contribution in [1.82, 2.24) is 10.9 Å². The van der Waals surface area contributed by atoms with E-state index in [1.165, 1.54) is 6.07 Å². The monoisotopic (exact) mass is 370 g/mol. The number of hydrogen-bond donors (Lipinski definition) is 3. The number of hydrogen-bond acceptors (Lipinski definition) is 4. The Morgan fingerprint density at radius 3 is 2.65 bits per heavy atom. The van der Waals surface area contributed by atoms with Crippen LogP contribution in [0.4, 0.5) is 24.5 Å². The standard InChI is InChI=1S/C18H25F3N4O/c1-2-5-13-11-15(24-23-13)17(26)22-14-10-12(18(19,20)21)6-7-16(14)25-8-3-4-9-25/h6-7,10,13,15,23-24H,2-5,8-9,11H2,1H3,(H,22,26). The quantitative estimate of drug-likeness (QED) is 0.745. The summed E-state index contributed by atoms with van der Waals surface area (Å²) in [4.78, 5) is 14.6. The minimum Gasteiger partial charge on any atom is -0.370 e. The molecular formula is C18H25F3N4O. The zero-order valence-corrected chi connectivity index (χ0v) is 14.8. The first kappa shape index (κ1) is 19.0. The molecule has 3 N–H and O–H groups in total. The van der Waals surface area contributed by atoms with E-state index < -0.39 is 17.8 Å². The fraction of sp³-hybridized carbons (Fsp3) is 0.611. The van der Waals surface area contributed by atoms with Crippen molar-refractivity contribution in [2.75, 3.05) is 23.3 Å². The molecule has 144 valence electrons. The van der Waals surface area contributed by atoms with Crippen LogP contribution in [0.2, 0.25) is 0 Å². The number of alkyl halides is 3. The van der Waals surface area contributed by atoms with Gasteiger partial charge >= 0.3 is 6.18 Å². The second kappa shape index (κ2) is 7.84. The highest BCUT2D eigenvalue weighted by Gasteiger charge is 2.33. The predicted molar refractivity (Wildman–Crippen MR) is 94.9 cm³/mol. The smallest absolute Gasteiger partial charge is 0.370 e. The molecule has 1 aromatic carbocycles. The third kappa shape index (κ3) is 4.29. The Kier molecular flexibility index (Phi) is 5.72. The highest BCUT2D eigenvalue weighted by Crippen LogP contribution is 2.36. The van der Waals surface area contributed by atoms with Crippen molar-refractivity contribution >= 4 is 17.3 Å². The molecule has 0 saturated carbocycles. The summed E-state index contributed by atoms with van der Waals surface area (Å²) in [5.74, 6) is -0.309. The van der Waals surface area contributed by atoms with Crippen molar-refractivity contribution < 1.29 is 18.0 Å². The lowest BCUT2D eigenvalue weighted by molar-refractivity contribution is -0.137. The van der Waals surface area contributed by atoms with E-state index >= 15 is 0 Å². The molecule has 0 bridgehead atoms. The summed E-state index contributed by atoms with van der Waals surface area (Å²) in [6, 6.07) is 3.33. The van der Waals surface area contributed by atoms with Crippen LogP contribution >= 0.6 is 0 Å². The van der Waals surface area contributed by atoms with E-state index in [0.29, 0.717) is 12.1 Å². The number of halogens is 3. The fourth-order valence-electron chi connectivity index (χ4n) is 3.60. The van der Waals surface area contributed by atoms with Crippen molar-refractivity contribution in [3.8, 4) is 0 Å². The van der Waals surface area contributed by atoms with E-state index in [1.807, 2.05) is 4.90 Å². The van der Waals surface area contributed by atoms with E-state index in [9.17, 15) is 18.0 Å². The molecule has 2 unspecified atom stereocenters. The fourth-order valence-corrected chi connectivity index (χ4v) is 3.60. The number of carbonyl (C=O) groups excluding carboxylic acids is 1. The molecule has 2 heterocycles. The molecular weight excluding hydrogens is 345 g/mol. The number of anilines is 2. The molecule has 8 heteroatoms. The Hall–Kier alpha value is -1.80. The normalized spacial score (nSPS) is 23.5. The number of nitrogens with one attached hydrogen (secondary N) is 3. The van der Waals surface area contributed by atoms with Crippen molar-refractivity contribution in [2.24, 2.45) is 0 Å². The van der Waals surface area contributed by atoms with Crippen molar-refractivity contribution in [2.45, 2.75) is 57.3 Å². The maximum absolute atomic E-state index is 13.1. The number of hydrazine groups is 1. The van der Waals surface area contributed by atoms with Gasteiger partial charge in [0.25, 0.3) is 0 Å². The molecule has 0 radical (unpaired) electrons. The van der Waals surface area contributed by atoms with Crippen molar-refractivity contribution in [3.05, 3.63) is 23.8 Å². The molecule has 1 aromatic rings. The first-order valence-corrected chi connectivity index (χ1v) is 9.16. The van der Waals surface area contributed by atoms with Crippen LogP contribution in [0, 0.1) is 0 Å². The number of rotatable bonds is 5. The topological polar surface area (TPSA) is 56.4 Å². The molecule has 2 aliphatic heterocycles. The van der Waals surface area contributed by atoms with Gasteiger partial charge in [-0.05, 0) is 43.9 Å². The summed E-state index contributed by atoms with van der Waals surface area (Å²) in [5, 5.41) is 2.72. The molecule has 5 nitrogen and oxygen atoms in total. The lowest BCUT2D eigenvalue weighted by Gasteiger charge is -2.23. The largest absolute Gasteiger partial charge is 0.416 e. The first-order valence-electron chi connectivity index (χ1n) is 9.16. The van der Waals surface area contributed by atoms with Crippen LogP contribution in [0.25, 0.3) is 0 Å². The number of amides is 1. The average Bonchev–Trinajstić information content (AvgIpc) is 3.26. The van der Waals surface area contributed by atoms with Gasteiger partial charge in [-0.1, -0.05) is 13.3 Å². The van der Waals surface area contributed by atoms with Crippen LogP contribution in [0.3, 0.4) is 0 Å². The molecule has 26 heavy (non-hydrogen) atoms. The molecule has 0 aliphatic carbocycles. The summed E-state index contributed by atoms with van der Waals surface area (Å²) < 4.78 is 39.3. The van der Waals surface area contributed by atoms with Crippen LogP contribution in [0.15, 0.2) is 18.2 Å². The Morgan fingerprint density at radius 1 is 1.27 bits per heavy atom. The van der Waals surface area contributed by atoms with Crippen molar-refractivity contribution in [1.29, 1.82) is 0 Å². The predicted octanol–water partition coefficient (Wildman–Crippen LogP) is 3.28. The number of benzene rings is 1. The Morgan fingerprint density at radius 2 is 2.00 bits per heavy atom. The SMILES string of the molecule is CCCC1CC(C(=O)Nc2cc(C(F)(F)F)ccc2N2CCCC2)NN1. The Labute approximate surface area is 151 Å². The Balaban J connectivity index is 1.79. The molecule has 2 atom stereocenters. The maximum Gasteiger partial charge on any atom is 0.416 e. The average molecular weight is 370 g/mol. The first-order chi connectivity index (χ1) is 12.4. The highest BCUT2D eigenvalue weighted by molar-refractivity contribution is 5.98. The van der Waals surface area contributed by atoms with Gasteiger partial charge in [-0.2, -0.15) is 13.2 Å². The summed E-state index contributed by atoms with van der Waals surface area (Å²) in [7, 11) is 0. The van der Waals surface area contributed by atoms with Gasteiger partial charge in [0, 0.05) is 19.1 Å². The van der Waals surface area contributed by atoms with Gasteiger partial charge in [0.1, 0.15) is 6.04 Å². The van der Waals surface area contributed by atoms with Crippen LogP contribution in [0.5, 0.6) is 0 Å². The number of carbonyl (C=O) groups is 1. The molecule has 1 amide bonds. The molecule has 2 aliphatic rings. The second-order valence-electron chi connectivity index (χ2n) is 6.98. The third-order valence-corrected chi connectivity index (χ3v) is 4.96. The Bertz CT molecular complexity index is 644. The molecule has 2 fully saturated rings. The zero-order valence-electron chi connectivity index (χ0n) is 14.8. The lowest BCUT2D eigenvalue weighted by Crippen LogP contribution is -2.40. The highest BCUT2D eigenvalue weighted by atomic mass is 19.4. The molecule has 0 aromatic heterocycles. The summed E-state index contributed by atoms with van der Waals surface area (Å²) in [6.07, 6.45) is 0.127.